The van der Waals surface area contributed by atoms with Gasteiger partial charge in [0.1, 0.15) is 5.75 Å². The summed E-state index contributed by atoms with van der Waals surface area (Å²) in [6, 6.07) is 6.06. The van der Waals surface area contributed by atoms with Gasteiger partial charge >= 0.3 is 0 Å². The van der Waals surface area contributed by atoms with Gasteiger partial charge in [0.15, 0.2) is 0 Å². The summed E-state index contributed by atoms with van der Waals surface area (Å²) in [6.45, 7) is 5.02. The van der Waals surface area contributed by atoms with E-state index < -0.39 is 0 Å². The number of para-hydroxylation sites is 1. The standard InChI is InChI=1S/C18H24N4O2/c1-12-17(13(2)21(3)20-12)19-16(23)11-22-10-6-8-14-7-5-9-15(24-4)18(14)22/h5,7,9H,6,8,10-11H2,1-4H3,(H,19,23). The van der Waals surface area contributed by atoms with Gasteiger partial charge in [-0.3, -0.25) is 9.48 Å². The Kier molecular flexibility index (Phi) is 4.46. The van der Waals surface area contributed by atoms with Crippen molar-refractivity contribution in [3.05, 3.63) is 35.2 Å². The van der Waals surface area contributed by atoms with Gasteiger partial charge in [0, 0.05) is 13.6 Å². The van der Waals surface area contributed by atoms with Crippen LogP contribution in [0.3, 0.4) is 0 Å². The van der Waals surface area contributed by atoms with Gasteiger partial charge in [0.05, 0.1) is 36.4 Å². The smallest absolute Gasteiger partial charge is 0.243 e. The molecule has 128 valence electrons. The fraction of sp³-hybridized carbons (Fsp3) is 0.444. The first kappa shape index (κ1) is 16.4. The van der Waals surface area contributed by atoms with Gasteiger partial charge in [-0.2, -0.15) is 5.10 Å². The molecule has 1 aromatic heterocycles. The molecule has 0 radical (unpaired) electrons. The number of benzene rings is 1. The van der Waals surface area contributed by atoms with Crippen molar-refractivity contribution >= 4 is 17.3 Å². The minimum Gasteiger partial charge on any atom is -0.495 e. The highest BCUT2D eigenvalue weighted by atomic mass is 16.5. The van der Waals surface area contributed by atoms with E-state index in [1.165, 1.54) is 5.56 Å². The molecule has 6 heteroatoms. The lowest BCUT2D eigenvalue weighted by Crippen LogP contribution is -2.37. The summed E-state index contributed by atoms with van der Waals surface area (Å²) in [5.74, 6) is 0.793. The van der Waals surface area contributed by atoms with Gasteiger partial charge in [-0.15, -0.1) is 0 Å². The molecular weight excluding hydrogens is 304 g/mol. The molecule has 0 unspecified atom stereocenters. The molecule has 1 N–H and O–H groups in total. The lowest BCUT2D eigenvalue weighted by molar-refractivity contribution is -0.115. The van der Waals surface area contributed by atoms with Gasteiger partial charge in [-0.05, 0) is 38.3 Å². The number of nitrogens with one attached hydrogen (secondary N) is 1. The highest BCUT2D eigenvalue weighted by Gasteiger charge is 2.23. The number of methoxy groups -OCH3 is 1. The molecule has 0 spiro atoms. The van der Waals surface area contributed by atoms with Crippen LogP contribution in [0.5, 0.6) is 5.75 Å². The molecule has 3 rings (SSSR count). The summed E-state index contributed by atoms with van der Waals surface area (Å²) in [6.07, 6.45) is 2.06. The average molecular weight is 328 g/mol. The van der Waals surface area contributed by atoms with Crippen LogP contribution < -0.4 is 15.0 Å². The maximum atomic E-state index is 12.6. The van der Waals surface area contributed by atoms with Gasteiger partial charge in [-0.25, -0.2) is 0 Å². The van der Waals surface area contributed by atoms with Crippen LogP contribution in [-0.4, -0.2) is 35.9 Å². The predicted octanol–water partition coefficient (Wildman–Crippen LogP) is 2.44. The number of amides is 1. The van der Waals surface area contributed by atoms with E-state index in [4.69, 9.17) is 4.74 Å². The number of anilines is 2. The molecule has 6 nitrogen and oxygen atoms in total. The highest BCUT2D eigenvalue weighted by Crippen LogP contribution is 2.35. The van der Waals surface area contributed by atoms with Gasteiger partial charge in [-0.1, -0.05) is 12.1 Å². The van der Waals surface area contributed by atoms with E-state index in [-0.39, 0.29) is 5.91 Å². The number of nitrogens with zero attached hydrogens (tertiary/aromatic N) is 3. The zero-order valence-corrected chi connectivity index (χ0v) is 14.7. The maximum absolute atomic E-state index is 12.6. The quantitative estimate of drug-likeness (QED) is 0.936. The third kappa shape index (κ3) is 2.96. The van der Waals surface area contributed by atoms with Crippen molar-refractivity contribution in [3.8, 4) is 5.75 Å². The number of carbonyl (C=O) groups is 1. The van der Waals surface area contributed by atoms with Crippen LogP contribution in [0.25, 0.3) is 0 Å². The zero-order valence-electron chi connectivity index (χ0n) is 14.7. The third-order valence-corrected chi connectivity index (χ3v) is 4.60. The molecule has 0 aliphatic carbocycles. The molecule has 1 aliphatic heterocycles. The summed E-state index contributed by atoms with van der Waals surface area (Å²) < 4.78 is 7.28. The van der Waals surface area contributed by atoms with Crippen molar-refractivity contribution in [2.24, 2.45) is 7.05 Å². The first-order valence-electron chi connectivity index (χ1n) is 8.22. The predicted molar refractivity (Wildman–Crippen MR) is 94.8 cm³/mol. The summed E-state index contributed by atoms with van der Waals surface area (Å²) >= 11 is 0. The summed E-state index contributed by atoms with van der Waals surface area (Å²) in [5, 5.41) is 7.35. The van der Waals surface area contributed by atoms with Crippen molar-refractivity contribution in [1.82, 2.24) is 9.78 Å². The second-order valence-corrected chi connectivity index (χ2v) is 6.21. The van der Waals surface area contributed by atoms with E-state index in [1.807, 2.05) is 33.0 Å². The van der Waals surface area contributed by atoms with E-state index in [0.717, 1.165) is 47.9 Å². The SMILES string of the molecule is COc1cccc2c1N(CC(=O)Nc1c(C)nn(C)c1C)CCC2. The summed E-state index contributed by atoms with van der Waals surface area (Å²) in [5.41, 5.74) is 4.88. The van der Waals surface area contributed by atoms with Crippen LogP contribution >= 0.6 is 0 Å². The second kappa shape index (κ2) is 6.55. The largest absolute Gasteiger partial charge is 0.495 e. The summed E-state index contributed by atoms with van der Waals surface area (Å²) in [7, 11) is 3.55. The van der Waals surface area contributed by atoms with E-state index in [2.05, 4.69) is 21.4 Å². The number of rotatable bonds is 4. The van der Waals surface area contributed by atoms with Gasteiger partial charge in [0.2, 0.25) is 5.91 Å². The molecule has 1 amide bonds. The Hall–Kier alpha value is -2.50. The molecule has 0 saturated heterocycles. The van der Waals surface area contributed by atoms with E-state index in [0.29, 0.717) is 6.54 Å². The second-order valence-electron chi connectivity index (χ2n) is 6.21. The minimum atomic E-state index is -0.0343. The van der Waals surface area contributed by atoms with E-state index in [1.54, 1.807) is 11.8 Å². The number of ether oxygens (including phenoxy) is 1. The van der Waals surface area contributed by atoms with Crippen molar-refractivity contribution in [2.75, 3.05) is 30.4 Å². The Morgan fingerprint density at radius 3 is 2.83 bits per heavy atom. The van der Waals surface area contributed by atoms with Crippen LogP contribution in [0.4, 0.5) is 11.4 Å². The molecule has 1 aromatic carbocycles. The molecule has 0 saturated carbocycles. The molecule has 1 aliphatic rings. The fourth-order valence-corrected chi connectivity index (χ4v) is 3.33. The molecule has 0 atom stereocenters. The van der Waals surface area contributed by atoms with Gasteiger partial charge < -0.3 is 15.0 Å². The number of carbonyl (C=O) groups excluding carboxylic acids is 1. The topological polar surface area (TPSA) is 59.4 Å². The van der Waals surface area contributed by atoms with Crippen LogP contribution in [0.15, 0.2) is 18.2 Å². The Labute approximate surface area is 142 Å². The minimum absolute atomic E-state index is 0.0343. The van der Waals surface area contributed by atoms with Crippen molar-refractivity contribution in [2.45, 2.75) is 26.7 Å². The van der Waals surface area contributed by atoms with E-state index in [9.17, 15) is 4.79 Å². The highest BCUT2D eigenvalue weighted by molar-refractivity contribution is 5.95. The number of hydrogen-bond acceptors (Lipinski definition) is 4. The maximum Gasteiger partial charge on any atom is 0.243 e. The van der Waals surface area contributed by atoms with Crippen molar-refractivity contribution < 1.29 is 9.53 Å². The van der Waals surface area contributed by atoms with Gasteiger partial charge in [0.25, 0.3) is 0 Å². The first-order chi connectivity index (χ1) is 11.5. The zero-order chi connectivity index (χ0) is 17.3. The number of hydrogen-bond donors (Lipinski definition) is 1. The lowest BCUT2D eigenvalue weighted by atomic mass is 10.0. The van der Waals surface area contributed by atoms with Crippen LogP contribution in [-0.2, 0) is 18.3 Å². The Balaban J connectivity index is 1.79. The normalized spacial score (nSPS) is 13.6. The Bertz CT molecular complexity index is 752. The number of fused-ring (bicyclic) bond motifs is 1. The average Bonchev–Trinajstić information content (AvgIpc) is 2.80. The van der Waals surface area contributed by atoms with Crippen LogP contribution in [0.2, 0.25) is 0 Å². The van der Waals surface area contributed by atoms with Crippen LogP contribution in [0, 0.1) is 13.8 Å². The van der Waals surface area contributed by atoms with E-state index >= 15 is 0 Å². The summed E-state index contributed by atoms with van der Waals surface area (Å²) in [4.78, 5) is 14.7. The molecule has 2 aromatic rings. The molecule has 0 bridgehead atoms. The van der Waals surface area contributed by atoms with Crippen LogP contribution in [0.1, 0.15) is 23.4 Å². The Morgan fingerprint density at radius 2 is 2.17 bits per heavy atom. The van der Waals surface area contributed by atoms with Crippen molar-refractivity contribution in [3.63, 3.8) is 0 Å². The van der Waals surface area contributed by atoms with Crippen molar-refractivity contribution in [1.29, 1.82) is 0 Å². The molecule has 0 fully saturated rings. The monoisotopic (exact) mass is 328 g/mol. The lowest BCUT2D eigenvalue weighted by Gasteiger charge is -2.32. The first-order valence-corrected chi connectivity index (χ1v) is 8.22. The fourth-order valence-electron chi connectivity index (χ4n) is 3.33. The number of aryl methyl sites for hydroxylation is 3. The molecule has 2 heterocycles. The Morgan fingerprint density at radius 1 is 1.38 bits per heavy atom. The molecule has 24 heavy (non-hydrogen) atoms. The third-order valence-electron chi connectivity index (χ3n) is 4.60. The molecular formula is C18H24N4O2. The number of aromatic nitrogens is 2.